The smallest absolute Gasteiger partial charge is 0.318 e. The van der Waals surface area contributed by atoms with Gasteiger partial charge in [-0.3, -0.25) is 0 Å². The molecule has 0 spiro atoms. The quantitative estimate of drug-likeness (QED) is 0.845. The maximum atomic E-state index is 12.4. The average molecular weight is 343 g/mol. The number of hydrogen-bond donors (Lipinski definition) is 1. The first-order chi connectivity index (χ1) is 12.1. The lowest BCUT2D eigenvalue weighted by atomic mass is 10.0. The molecule has 1 aliphatic rings. The minimum atomic E-state index is -0.0212. The zero-order valence-electron chi connectivity index (χ0n) is 15.3. The van der Waals surface area contributed by atoms with Gasteiger partial charge in [0.2, 0.25) is 0 Å². The van der Waals surface area contributed by atoms with Gasteiger partial charge in [0.15, 0.2) is 0 Å². The highest BCUT2D eigenvalue weighted by atomic mass is 16.5. The highest BCUT2D eigenvalue weighted by Gasteiger charge is 2.28. The van der Waals surface area contributed by atoms with Gasteiger partial charge >= 0.3 is 6.03 Å². The van der Waals surface area contributed by atoms with E-state index in [9.17, 15) is 4.79 Å². The summed E-state index contributed by atoms with van der Waals surface area (Å²) in [4.78, 5) is 19.0. The van der Waals surface area contributed by atoms with Crippen LogP contribution in [0.5, 0.6) is 11.5 Å². The van der Waals surface area contributed by atoms with Gasteiger partial charge < -0.3 is 19.7 Å². The number of carbonyl (C=O) groups is 1. The second kappa shape index (κ2) is 7.17. The molecule has 0 fully saturated rings. The summed E-state index contributed by atoms with van der Waals surface area (Å²) in [5.41, 5.74) is 4.00. The fraction of sp³-hybridized carbons (Fsp3) is 0.474. The van der Waals surface area contributed by atoms with E-state index in [1.54, 1.807) is 14.2 Å². The van der Waals surface area contributed by atoms with E-state index in [4.69, 9.17) is 14.5 Å². The largest absolute Gasteiger partial charge is 0.497 e. The van der Waals surface area contributed by atoms with Crippen molar-refractivity contribution in [1.82, 2.24) is 15.2 Å². The summed E-state index contributed by atoms with van der Waals surface area (Å²) in [6.45, 7) is 5.97. The molecular weight excluding hydrogens is 318 g/mol. The number of amides is 2. The van der Waals surface area contributed by atoms with Crippen LogP contribution in [0.4, 0.5) is 4.79 Å². The topological polar surface area (TPSA) is 63.7 Å². The van der Waals surface area contributed by atoms with E-state index in [1.807, 2.05) is 24.0 Å². The molecule has 1 aromatic carbocycles. The Morgan fingerprint density at radius 3 is 2.68 bits per heavy atom. The second-order valence-electron chi connectivity index (χ2n) is 6.32. The van der Waals surface area contributed by atoms with Crippen LogP contribution in [0.25, 0.3) is 10.9 Å². The third kappa shape index (κ3) is 3.21. The molecule has 3 rings (SSSR count). The highest BCUT2D eigenvalue weighted by molar-refractivity contribution is 5.91. The fourth-order valence-electron chi connectivity index (χ4n) is 3.27. The molecule has 134 valence electrons. The molecule has 0 unspecified atom stereocenters. The Morgan fingerprint density at radius 2 is 2.00 bits per heavy atom. The van der Waals surface area contributed by atoms with Crippen LogP contribution in [0, 0.1) is 6.92 Å². The van der Waals surface area contributed by atoms with E-state index in [1.165, 1.54) is 0 Å². The molecule has 2 heterocycles. The molecule has 2 amide bonds. The van der Waals surface area contributed by atoms with Crippen molar-refractivity contribution in [3.63, 3.8) is 0 Å². The Hall–Kier alpha value is -2.50. The van der Waals surface area contributed by atoms with Gasteiger partial charge in [0.05, 0.1) is 14.2 Å². The van der Waals surface area contributed by atoms with Crippen LogP contribution in [0.2, 0.25) is 0 Å². The van der Waals surface area contributed by atoms with Crippen molar-refractivity contribution in [1.29, 1.82) is 0 Å². The fourth-order valence-corrected chi connectivity index (χ4v) is 3.27. The molecule has 2 aromatic rings. The van der Waals surface area contributed by atoms with Crippen molar-refractivity contribution in [2.45, 2.75) is 39.8 Å². The van der Waals surface area contributed by atoms with Gasteiger partial charge in [-0.05, 0) is 30.5 Å². The minimum absolute atomic E-state index is 0.0212. The van der Waals surface area contributed by atoms with Gasteiger partial charge in [0, 0.05) is 36.8 Å². The van der Waals surface area contributed by atoms with Crippen LogP contribution in [0.3, 0.4) is 0 Å². The van der Waals surface area contributed by atoms with Crippen LogP contribution in [0.1, 0.15) is 36.6 Å². The number of rotatable bonds is 5. The Kier molecular flexibility index (Phi) is 4.97. The van der Waals surface area contributed by atoms with Crippen molar-refractivity contribution in [2.75, 3.05) is 20.8 Å². The van der Waals surface area contributed by atoms with Crippen LogP contribution < -0.4 is 14.8 Å². The number of pyridine rings is 1. The Balaban J connectivity index is 1.98. The van der Waals surface area contributed by atoms with Crippen molar-refractivity contribution >= 4 is 16.9 Å². The van der Waals surface area contributed by atoms with Gasteiger partial charge in [-0.2, -0.15) is 0 Å². The average Bonchev–Trinajstić information content (AvgIpc) is 3.07. The maximum absolute atomic E-state index is 12.4. The Bertz CT molecular complexity index is 804. The van der Waals surface area contributed by atoms with E-state index in [0.717, 1.165) is 46.3 Å². The van der Waals surface area contributed by atoms with E-state index >= 15 is 0 Å². The van der Waals surface area contributed by atoms with E-state index in [2.05, 4.69) is 12.2 Å². The number of aromatic nitrogens is 1. The first-order valence-corrected chi connectivity index (χ1v) is 8.65. The van der Waals surface area contributed by atoms with Gasteiger partial charge in [-0.15, -0.1) is 0 Å². The molecule has 0 saturated heterocycles. The monoisotopic (exact) mass is 343 g/mol. The van der Waals surface area contributed by atoms with Crippen molar-refractivity contribution in [3.8, 4) is 11.5 Å². The zero-order valence-corrected chi connectivity index (χ0v) is 15.3. The molecule has 1 aromatic heterocycles. The first-order valence-electron chi connectivity index (χ1n) is 8.65. The van der Waals surface area contributed by atoms with Crippen LogP contribution in [-0.2, 0) is 13.1 Å². The third-order valence-corrected chi connectivity index (χ3v) is 4.70. The molecule has 6 heteroatoms. The lowest BCUT2D eigenvalue weighted by Crippen LogP contribution is -2.36. The summed E-state index contributed by atoms with van der Waals surface area (Å²) >= 11 is 0. The first kappa shape index (κ1) is 17.3. The van der Waals surface area contributed by atoms with E-state index in [-0.39, 0.29) is 6.03 Å². The number of nitrogens with one attached hydrogen (secondary N) is 1. The van der Waals surface area contributed by atoms with Gasteiger partial charge in [0.1, 0.15) is 17.0 Å². The zero-order chi connectivity index (χ0) is 18.0. The number of nitrogens with zero attached hydrogens (tertiary/aromatic N) is 2. The minimum Gasteiger partial charge on any atom is -0.497 e. The van der Waals surface area contributed by atoms with Crippen LogP contribution in [-0.4, -0.2) is 36.7 Å². The highest BCUT2D eigenvalue weighted by Crippen LogP contribution is 2.37. The lowest BCUT2D eigenvalue weighted by molar-refractivity contribution is 0.198. The number of hydrogen-bond acceptors (Lipinski definition) is 4. The van der Waals surface area contributed by atoms with Crippen molar-refractivity contribution in [3.05, 3.63) is 29.0 Å². The lowest BCUT2D eigenvalue weighted by Gasteiger charge is -2.16. The molecule has 6 nitrogen and oxygen atoms in total. The molecule has 1 aliphatic heterocycles. The van der Waals surface area contributed by atoms with E-state index < -0.39 is 0 Å². The Morgan fingerprint density at radius 1 is 1.24 bits per heavy atom. The van der Waals surface area contributed by atoms with Gasteiger partial charge in [-0.25, -0.2) is 9.78 Å². The molecule has 0 radical (unpaired) electrons. The number of urea groups is 1. The number of unbranched alkanes of at least 4 members (excludes halogenated alkanes) is 1. The summed E-state index contributed by atoms with van der Waals surface area (Å²) in [6, 6.07) is 3.79. The van der Waals surface area contributed by atoms with Gasteiger partial charge in [0.25, 0.3) is 0 Å². The SMILES string of the molecule is CCCCNC(=O)N1Cc2c(C)nc3c(OC)cc(OC)cc3c2C1. The molecule has 25 heavy (non-hydrogen) atoms. The number of benzene rings is 1. The molecule has 0 aliphatic carbocycles. The molecule has 0 bridgehead atoms. The summed E-state index contributed by atoms with van der Waals surface area (Å²) < 4.78 is 10.9. The summed E-state index contributed by atoms with van der Waals surface area (Å²) in [6.07, 6.45) is 2.05. The number of methoxy groups -OCH3 is 2. The van der Waals surface area contributed by atoms with E-state index in [0.29, 0.717) is 25.4 Å². The number of ether oxygens (including phenoxy) is 2. The standard InChI is InChI=1S/C19H25N3O3/c1-5-6-7-20-19(23)22-10-15-12(2)21-18-14(16(15)11-22)8-13(24-3)9-17(18)25-4/h8-9H,5-7,10-11H2,1-4H3,(H,20,23). The molecule has 0 atom stereocenters. The molecule has 1 N–H and O–H groups in total. The predicted molar refractivity (Wildman–Crippen MR) is 97.1 cm³/mol. The summed E-state index contributed by atoms with van der Waals surface area (Å²) in [5, 5.41) is 3.98. The summed E-state index contributed by atoms with van der Waals surface area (Å²) in [5.74, 6) is 1.41. The normalized spacial score (nSPS) is 13.0. The molecular formula is C19H25N3O3. The van der Waals surface area contributed by atoms with Crippen molar-refractivity contribution in [2.24, 2.45) is 0 Å². The number of fused-ring (bicyclic) bond motifs is 3. The van der Waals surface area contributed by atoms with Gasteiger partial charge in [-0.1, -0.05) is 13.3 Å². The number of aryl methyl sites for hydroxylation is 1. The second-order valence-corrected chi connectivity index (χ2v) is 6.32. The summed E-state index contributed by atoms with van der Waals surface area (Å²) in [7, 11) is 3.27. The third-order valence-electron chi connectivity index (χ3n) is 4.70. The Labute approximate surface area is 148 Å². The maximum Gasteiger partial charge on any atom is 0.318 e. The van der Waals surface area contributed by atoms with Crippen molar-refractivity contribution < 1.29 is 14.3 Å². The van der Waals surface area contributed by atoms with Crippen LogP contribution >= 0.6 is 0 Å². The predicted octanol–water partition coefficient (Wildman–Crippen LogP) is 3.39. The van der Waals surface area contributed by atoms with Crippen LogP contribution in [0.15, 0.2) is 12.1 Å². The number of carbonyl (C=O) groups excluding carboxylic acids is 1. The molecule has 0 saturated carbocycles.